The zero-order valence-electron chi connectivity index (χ0n) is 15.6. The lowest BCUT2D eigenvalue weighted by Gasteiger charge is -2.39. The Morgan fingerprint density at radius 1 is 1.11 bits per heavy atom. The Hall–Kier alpha value is -2.67. The molecule has 2 aromatic rings. The van der Waals surface area contributed by atoms with Crippen LogP contribution in [0.5, 0.6) is 11.5 Å². The summed E-state index contributed by atoms with van der Waals surface area (Å²) >= 11 is 1.60. The number of benzene rings is 2. The number of nitrogens with zero attached hydrogens (tertiary/aromatic N) is 1. The van der Waals surface area contributed by atoms with E-state index in [0.717, 1.165) is 10.5 Å². The smallest absolute Gasteiger partial charge is 0.313 e. The van der Waals surface area contributed by atoms with Crippen molar-refractivity contribution in [3.05, 3.63) is 53.1 Å². The van der Waals surface area contributed by atoms with Crippen molar-refractivity contribution in [2.75, 3.05) is 27.5 Å². The third kappa shape index (κ3) is 3.23. The largest absolute Gasteiger partial charge is 0.493 e. The maximum Gasteiger partial charge on any atom is 0.313 e. The Labute approximate surface area is 162 Å². The number of thioether (sulfide) groups is 1. The van der Waals surface area contributed by atoms with Crippen molar-refractivity contribution in [2.24, 2.45) is 0 Å². The van der Waals surface area contributed by atoms with Crippen molar-refractivity contribution in [3.8, 4) is 11.5 Å². The molecule has 142 valence electrons. The molecule has 0 bridgehead atoms. The summed E-state index contributed by atoms with van der Waals surface area (Å²) < 4.78 is 10.6. The summed E-state index contributed by atoms with van der Waals surface area (Å²) in [6.45, 7) is 0. The summed E-state index contributed by atoms with van der Waals surface area (Å²) in [5.74, 6) is -1.37. The molecule has 0 saturated carbocycles. The van der Waals surface area contributed by atoms with Crippen LogP contribution < -0.4 is 9.47 Å². The first-order chi connectivity index (χ1) is 12.9. The highest BCUT2D eigenvalue weighted by Gasteiger charge is 2.43. The van der Waals surface area contributed by atoms with Gasteiger partial charge in [0, 0.05) is 17.5 Å². The minimum Gasteiger partial charge on any atom is -0.493 e. The normalized spacial score (nSPS) is 18.8. The van der Waals surface area contributed by atoms with Gasteiger partial charge >= 0.3 is 5.97 Å². The first kappa shape index (κ1) is 19.1. The van der Waals surface area contributed by atoms with Gasteiger partial charge in [0.2, 0.25) is 0 Å². The molecule has 27 heavy (non-hydrogen) atoms. The molecule has 6 nitrogen and oxygen atoms in total. The molecule has 3 rings (SSSR count). The van der Waals surface area contributed by atoms with Crippen molar-refractivity contribution < 1.29 is 24.2 Å². The van der Waals surface area contributed by atoms with Gasteiger partial charge in [0.25, 0.3) is 5.91 Å². The predicted molar refractivity (Wildman–Crippen MR) is 103 cm³/mol. The van der Waals surface area contributed by atoms with E-state index in [1.165, 1.54) is 19.1 Å². The van der Waals surface area contributed by atoms with E-state index in [2.05, 4.69) is 0 Å². The number of carbonyl (C=O) groups is 2. The molecule has 0 aromatic heterocycles. The Morgan fingerprint density at radius 3 is 2.22 bits per heavy atom. The Bertz CT molecular complexity index is 881. The molecule has 1 N–H and O–H groups in total. The predicted octanol–water partition coefficient (Wildman–Crippen LogP) is 3.42. The van der Waals surface area contributed by atoms with Crippen molar-refractivity contribution in [1.82, 2.24) is 4.90 Å². The lowest BCUT2D eigenvalue weighted by Crippen LogP contribution is -2.42. The van der Waals surface area contributed by atoms with Crippen molar-refractivity contribution in [3.63, 3.8) is 0 Å². The quantitative estimate of drug-likeness (QED) is 0.793. The number of hydrogen-bond donors (Lipinski definition) is 1. The molecule has 0 aliphatic carbocycles. The third-order valence-electron chi connectivity index (χ3n) is 4.90. The number of likely N-dealkylation sites (N-methyl/N-ethyl adjacent to an activating group) is 1. The summed E-state index contributed by atoms with van der Waals surface area (Å²) in [6, 6.07) is 10.2. The Morgan fingerprint density at radius 2 is 1.70 bits per heavy atom. The van der Waals surface area contributed by atoms with E-state index < -0.39 is 17.9 Å². The number of aliphatic carboxylic acids is 1. The van der Waals surface area contributed by atoms with E-state index in [0.29, 0.717) is 22.6 Å². The second-order valence-electron chi connectivity index (χ2n) is 6.24. The van der Waals surface area contributed by atoms with Crippen LogP contribution >= 0.6 is 11.8 Å². The van der Waals surface area contributed by atoms with E-state index in [9.17, 15) is 14.7 Å². The number of ether oxygens (including phenoxy) is 2. The SMILES string of the molecule is COc1cc2c(cc1OC)[C@H](C(=O)O)[C@@H](c1ccc(SC)cc1)N(C)C2=O. The van der Waals surface area contributed by atoms with Gasteiger partial charge in [0.15, 0.2) is 11.5 Å². The fourth-order valence-electron chi connectivity index (χ4n) is 3.53. The number of hydrogen-bond acceptors (Lipinski definition) is 5. The van der Waals surface area contributed by atoms with E-state index in [1.54, 1.807) is 30.9 Å². The van der Waals surface area contributed by atoms with Gasteiger partial charge in [-0.3, -0.25) is 9.59 Å². The average molecular weight is 387 g/mol. The molecule has 2 aromatic carbocycles. The number of rotatable bonds is 5. The van der Waals surface area contributed by atoms with Gasteiger partial charge in [-0.1, -0.05) is 12.1 Å². The van der Waals surface area contributed by atoms with Crippen LogP contribution in [0, 0.1) is 0 Å². The molecule has 2 atom stereocenters. The van der Waals surface area contributed by atoms with Crippen LogP contribution in [0.4, 0.5) is 0 Å². The third-order valence-corrected chi connectivity index (χ3v) is 5.64. The molecule has 1 aliphatic rings. The van der Waals surface area contributed by atoms with Gasteiger partial charge in [0.1, 0.15) is 5.92 Å². The molecule has 0 spiro atoms. The number of carbonyl (C=O) groups excluding carboxylic acids is 1. The van der Waals surface area contributed by atoms with Crippen LogP contribution in [0.3, 0.4) is 0 Å². The summed E-state index contributed by atoms with van der Waals surface area (Å²) in [6.07, 6.45) is 1.97. The molecule has 0 radical (unpaired) electrons. The van der Waals surface area contributed by atoms with Crippen LogP contribution in [0.1, 0.15) is 33.4 Å². The lowest BCUT2D eigenvalue weighted by molar-refractivity contribution is -0.140. The number of amides is 1. The molecule has 0 unspecified atom stereocenters. The molecule has 1 heterocycles. The Balaban J connectivity index is 2.19. The van der Waals surface area contributed by atoms with Gasteiger partial charge in [-0.15, -0.1) is 11.8 Å². The second-order valence-corrected chi connectivity index (χ2v) is 7.12. The minimum atomic E-state index is -0.998. The fraction of sp³-hybridized carbons (Fsp3) is 0.300. The molecular formula is C20H21NO5S. The van der Waals surface area contributed by atoms with E-state index >= 15 is 0 Å². The number of fused-ring (bicyclic) bond motifs is 1. The van der Waals surface area contributed by atoms with E-state index in [-0.39, 0.29) is 5.91 Å². The lowest BCUT2D eigenvalue weighted by atomic mass is 9.80. The maximum atomic E-state index is 13.0. The summed E-state index contributed by atoms with van der Waals surface area (Å²) in [7, 11) is 4.59. The summed E-state index contributed by atoms with van der Waals surface area (Å²) in [4.78, 5) is 27.8. The molecule has 0 saturated heterocycles. The number of carboxylic acids is 1. The van der Waals surface area contributed by atoms with Crippen LogP contribution in [-0.4, -0.2) is 49.4 Å². The molecule has 0 fully saturated rings. The van der Waals surface area contributed by atoms with Crippen LogP contribution in [0.2, 0.25) is 0 Å². The standard InChI is InChI=1S/C20H21NO5S/c1-21-18(11-5-7-12(27-4)8-6-11)17(20(23)24)13-9-15(25-2)16(26-3)10-14(13)19(21)22/h5-10,17-18H,1-4H3,(H,23,24)/t17-,18+/m0/s1. The Kier molecular flexibility index (Phi) is 5.32. The maximum absolute atomic E-state index is 13.0. The van der Waals surface area contributed by atoms with Gasteiger partial charge < -0.3 is 19.5 Å². The van der Waals surface area contributed by atoms with Gasteiger partial charge in [0.05, 0.1) is 20.3 Å². The zero-order valence-corrected chi connectivity index (χ0v) is 16.4. The van der Waals surface area contributed by atoms with Crippen molar-refractivity contribution in [2.45, 2.75) is 16.9 Å². The molecular weight excluding hydrogens is 366 g/mol. The van der Waals surface area contributed by atoms with Crippen molar-refractivity contribution >= 4 is 23.6 Å². The summed E-state index contributed by atoms with van der Waals surface area (Å²) in [5.41, 5.74) is 1.53. The second kappa shape index (κ2) is 7.52. The van der Waals surface area contributed by atoms with Crippen LogP contribution in [0.25, 0.3) is 0 Å². The van der Waals surface area contributed by atoms with Gasteiger partial charge in [-0.25, -0.2) is 0 Å². The molecule has 1 aliphatic heterocycles. The number of methoxy groups -OCH3 is 2. The first-order valence-corrected chi connectivity index (χ1v) is 9.55. The average Bonchev–Trinajstić information content (AvgIpc) is 2.69. The van der Waals surface area contributed by atoms with Gasteiger partial charge in [-0.05, 0) is 41.6 Å². The van der Waals surface area contributed by atoms with Crippen molar-refractivity contribution in [1.29, 1.82) is 0 Å². The summed E-state index contributed by atoms with van der Waals surface area (Å²) in [5, 5.41) is 10.00. The van der Waals surface area contributed by atoms with Gasteiger partial charge in [-0.2, -0.15) is 0 Å². The van der Waals surface area contributed by atoms with E-state index in [4.69, 9.17) is 9.47 Å². The highest BCUT2D eigenvalue weighted by Crippen LogP contribution is 2.45. The zero-order chi connectivity index (χ0) is 19.7. The van der Waals surface area contributed by atoms with Crippen LogP contribution in [-0.2, 0) is 4.79 Å². The molecule has 1 amide bonds. The minimum absolute atomic E-state index is 0.248. The first-order valence-electron chi connectivity index (χ1n) is 8.32. The highest BCUT2D eigenvalue weighted by molar-refractivity contribution is 7.98. The topological polar surface area (TPSA) is 76.1 Å². The van der Waals surface area contributed by atoms with E-state index in [1.807, 2.05) is 30.5 Å². The fourth-order valence-corrected chi connectivity index (χ4v) is 3.94. The number of carboxylic acid groups (broad SMARTS) is 1. The van der Waals surface area contributed by atoms with Crippen LogP contribution in [0.15, 0.2) is 41.3 Å². The molecule has 7 heteroatoms. The highest BCUT2D eigenvalue weighted by atomic mass is 32.2. The monoisotopic (exact) mass is 387 g/mol.